The number of ether oxygens (including phenoxy) is 3. The van der Waals surface area contributed by atoms with Crippen LogP contribution in [0.25, 0.3) is 0 Å². The van der Waals surface area contributed by atoms with Crippen LogP contribution in [0.5, 0.6) is 0 Å². The largest absolute Gasteiger partial charge is 0.381 e. The smallest absolute Gasteiger partial charge is 0.140 e. The lowest BCUT2D eigenvalue weighted by Crippen LogP contribution is -2.30. The lowest BCUT2D eigenvalue weighted by atomic mass is 9.84. The molecule has 0 saturated carbocycles. The Bertz CT molecular complexity index is 1750. The lowest BCUT2D eigenvalue weighted by Gasteiger charge is -2.31. The summed E-state index contributed by atoms with van der Waals surface area (Å²) in [5, 5.41) is 0. The predicted octanol–water partition coefficient (Wildman–Crippen LogP) is 8.44. The maximum absolute atomic E-state index is 14.9. The molecule has 6 aliphatic heterocycles. The molecule has 9 heteroatoms. The molecule has 0 spiro atoms. The summed E-state index contributed by atoms with van der Waals surface area (Å²) in [5.41, 5.74) is 12.4. The summed E-state index contributed by atoms with van der Waals surface area (Å²) < 4.78 is 58.3. The molecule has 4 unspecified atom stereocenters. The van der Waals surface area contributed by atoms with Gasteiger partial charge in [0.2, 0.25) is 0 Å². The number of halogens is 3. The van der Waals surface area contributed by atoms with Crippen LogP contribution in [-0.4, -0.2) is 70.6 Å². The summed E-state index contributed by atoms with van der Waals surface area (Å²) in [6.07, 6.45) is 6.43. The third kappa shape index (κ3) is 7.76. The maximum atomic E-state index is 14.9. The molecule has 3 aromatic carbocycles. The molecular formula is C42H48F3N3O3. The number of hydrogen-bond donors (Lipinski definition) is 0. The fraction of sp³-hybridized carbons (Fsp3) is 0.500. The highest BCUT2D eigenvalue weighted by Gasteiger charge is 2.36. The fourth-order valence-corrected chi connectivity index (χ4v) is 8.21. The van der Waals surface area contributed by atoms with Crippen LogP contribution in [0.15, 0.2) is 51.4 Å². The van der Waals surface area contributed by atoms with Crippen molar-refractivity contribution >= 4 is 18.6 Å². The molecule has 270 valence electrons. The number of hydrogen-bond acceptors (Lipinski definition) is 6. The van der Waals surface area contributed by atoms with Crippen molar-refractivity contribution in [2.75, 3.05) is 39.6 Å². The normalized spacial score (nSPS) is 25.3. The molecule has 6 heterocycles. The second-order valence-electron chi connectivity index (χ2n) is 14.6. The van der Waals surface area contributed by atoms with Gasteiger partial charge in [-0.2, -0.15) is 0 Å². The van der Waals surface area contributed by atoms with E-state index in [2.05, 4.69) is 59.2 Å². The van der Waals surface area contributed by atoms with E-state index in [0.29, 0.717) is 45.8 Å². The Kier molecular flexibility index (Phi) is 10.9. The Morgan fingerprint density at radius 2 is 1.00 bits per heavy atom. The van der Waals surface area contributed by atoms with Crippen LogP contribution in [0, 0.1) is 20.8 Å². The van der Waals surface area contributed by atoms with E-state index in [9.17, 15) is 13.2 Å². The second-order valence-corrected chi connectivity index (χ2v) is 14.6. The minimum atomic E-state index is -1.21. The van der Waals surface area contributed by atoms with E-state index in [1.165, 1.54) is 33.4 Å². The highest BCUT2D eigenvalue weighted by Crippen LogP contribution is 2.40. The topological polar surface area (TPSA) is 64.8 Å². The third-order valence-electron chi connectivity index (χ3n) is 11.2. The quantitative estimate of drug-likeness (QED) is 0.276. The number of fused-ring (bicyclic) bond motifs is 3. The van der Waals surface area contributed by atoms with Crippen LogP contribution < -0.4 is 0 Å². The van der Waals surface area contributed by atoms with Gasteiger partial charge in [0.25, 0.3) is 0 Å². The number of aliphatic imine (C=N–C) groups is 3. The molecule has 0 radical (unpaired) electrons. The first-order valence-electron chi connectivity index (χ1n) is 18.3. The van der Waals surface area contributed by atoms with Crippen molar-refractivity contribution in [2.24, 2.45) is 15.0 Å². The minimum Gasteiger partial charge on any atom is -0.381 e. The van der Waals surface area contributed by atoms with Gasteiger partial charge in [-0.25, -0.2) is 13.2 Å². The summed E-state index contributed by atoms with van der Waals surface area (Å²) in [6, 6.07) is 12.6. The molecule has 3 saturated heterocycles. The van der Waals surface area contributed by atoms with Gasteiger partial charge in [-0.1, -0.05) is 12.1 Å². The highest BCUT2D eigenvalue weighted by molar-refractivity contribution is 5.86. The number of benzene rings is 3. The molecule has 0 aliphatic carbocycles. The van der Waals surface area contributed by atoms with E-state index in [1.807, 2.05) is 31.6 Å². The molecule has 51 heavy (non-hydrogen) atoms. The van der Waals surface area contributed by atoms with Gasteiger partial charge in [-0.05, 0) is 125 Å². The van der Waals surface area contributed by atoms with Gasteiger partial charge in [0.15, 0.2) is 0 Å². The zero-order chi connectivity index (χ0) is 35.5. The number of nitrogens with zero attached hydrogens (tertiary/aromatic N) is 3. The van der Waals surface area contributed by atoms with Crippen molar-refractivity contribution in [1.29, 1.82) is 0 Å². The Labute approximate surface area is 299 Å². The van der Waals surface area contributed by atoms with Crippen molar-refractivity contribution < 1.29 is 27.4 Å². The molecule has 4 atom stereocenters. The van der Waals surface area contributed by atoms with Crippen molar-refractivity contribution in [3.63, 3.8) is 0 Å². The van der Waals surface area contributed by atoms with Crippen molar-refractivity contribution in [3.05, 3.63) is 103 Å². The molecule has 6 nitrogen and oxygen atoms in total. The zero-order valence-corrected chi connectivity index (χ0v) is 29.9. The molecule has 9 rings (SSSR count). The number of alkyl halides is 3. The van der Waals surface area contributed by atoms with Gasteiger partial charge in [0, 0.05) is 69.7 Å². The number of rotatable bonds is 3. The monoisotopic (exact) mass is 699 g/mol. The molecule has 0 aromatic heterocycles. The van der Waals surface area contributed by atoms with Crippen LogP contribution in [0.1, 0.15) is 104 Å². The Hall–Kier alpha value is -3.66. The standard InChI is InChI=1S/3C14H16FNO/c1-10-6-11-8-16-9-12(11)7-13(10)14(15)2-4-17-5-3-14;2*1-9-4-10-6-16-7-11(10)5-13(9)12-2-3-17-8-14(12)15/h6-8H,2-5,9H2,1H3;2*4-6,12,14H,2-3,7-8H2,1H3. The minimum absolute atomic E-state index is 0.00495. The predicted molar refractivity (Wildman–Crippen MR) is 196 cm³/mol. The van der Waals surface area contributed by atoms with Gasteiger partial charge in [0.05, 0.1) is 32.8 Å². The summed E-state index contributed by atoms with van der Waals surface area (Å²) in [4.78, 5) is 12.7. The van der Waals surface area contributed by atoms with Crippen LogP contribution in [-0.2, 0) is 39.5 Å². The zero-order valence-electron chi connectivity index (χ0n) is 29.9. The Balaban J connectivity index is 0.000000119. The summed E-state index contributed by atoms with van der Waals surface area (Å²) >= 11 is 0. The van der Waals surface area contributed by atoms with Crippen molar-refractivity contribution in [2.45, 2.75) is 95.9 Å². The average molecular weight is 700 g/mol. The first kappa shape index (κ1) is 35.7. The molecule has 3 fully saturated rings. The lowest BCUT2D eigenvalue weighted by molar-refractivity contribution is -0.0118. The van der Waals surface area contributed by atoms with Crippen LogP contribution >= 0.6 is 0 Å². The van der Waals surface area contributed by atoms with E-state index < -0.39 is 18.0 Å². The highest BCUT2D eigenvalue weighted by atomic mass is 19.1. The van der Waals surface area contributed by atoms with Gasteiger partial charge >= 0.3 is 0 Å². The first-order valence-corrected chi connectivity index (χ1v) is 18.3. The summed E-state index contributed by atoms with van der Waals surface area (Å²) in [6.45, 7) is 11.1. The molecule has 6 aliphatic rings. The molecule has 0 amide bonds. The van der Waals surface area contributed by atoms with E-state index in [-0.39, 0.29) is 25.0 Å². The molecular weight excluding hydrogens is 651 g/mol. The Morgan fingerprint density at radius 3 is 1.45 bits per heavy atom. The van der Waals surface area contributed by atoms with Crippen LogP contribution in [0.2, 0.25) is 0 Å². The van der Waals surface area contributed by atoms with Gasteiger partial charge in [0.1, 0.15) is 18.0 Å². The molecule has 3 aromatic rings. The SMILES string of the molecule is Cc1cc2c(cc1C1(F)CCOCC1)CN=C2.Cc1cc2c(cc1C1CCOCC1F)CN=C2.Cc1cc2c(cc1C1CCOCC1F)CN=C2. The van der Waals surface area contributed by atoms with Crippen molar-refractivity contribution in [1.82, 2.24) is 0 Å². The first-order chi connectivity index (χ1) is 24.7. The van der Waals surface area contributed by atoms with Crippen LogP contribution in [0.3, 0.4) is 0 Å². The summed E-state index contributed by atoms with van der Waals surface area (Å²) in [5.74, 6) is -0.00991. The van der Waals surface area contributed by atoms with E-state index >= 15 is 0 Å². The molecule has 0 bridgehead atoms. The second kappa shape index (κ2) is 15.5. The van der Waals surface area contributed by atoms with Crippen LogP contribution in [0.4, 0.5) is 13.2 Å². The van der Waals surface area contributed by atoms with Gasteiger partial charge in [-0.3, -0.25) is 15.0 Å². The third-order valence-corrected chi connectivity index (χ3v) is 11.2. The Morgan fingerprint density at radius 1 is 0.569 bits per heavy atom. The van der Waals surface area contributed by atoms with E-state index in [4.69, 9.17) is 14.2 Å². The van der Waals surface area contributed by atoms with Gasteiger partial charge < -0.3 is 14.2 Å². The fourth-order valence-electron chi connectivity index (χ4n) is 8.21. The maximum Gasteiger partial charge on any atom is 0.140 e. The van der Waals surface area contributed by atoms with Crippen molar-refractivity contribution in [3.8, 4) is 0 Å². The van der Waals surface area contributed by atoms with Gasteiger partial charge in [-0.15, -0.1) is 0 Å². The van der Waals surface area contributed by atoms with E-state index in [1.54, 1.807) is 0 Å². The van der Waals surface area contributed by atoms with E-state index in [0.717, 1.165) is 59.3 Å². The summed E-state index contributed by atoms with van der Waals surface area (Å²) in [7, 11) is 0. The molecule has 0 N–H and O–H groups in total. The number of aryl methyl sites for hydroxylation is 3. The average Bonchev–Trinajstić information content (AvgIpc) is 3.90.